The lowest BCUT2D eigenvalue weighted by molar-refractivity contribution is -0.224. The summed E-state index contributed by atoms with van der Waals surface area (Å²) < 4.78 is 11.3. The maximum atomic E-state index is 13.2. The Hall–Kier alpha value is -1.34. The zero-order valence-electron chi connectivity index (χ0n) is 18.4. The van der Waals surface area contributed by atoms with E-state index in [-0.39, 0.29) is 29.8 Å². The Bertz CT molecular complexity index is 800. The van der Waals surface area contributed by atoms with Gasteiger partial charge in [0.25, 0.3) is 0 Å². The number of ether oxygens (including phenoxy) is 2. The zero-order valence-corrected chi connectivity index (χ0v) is 18.4. The van der Waals surface area contributed by atoms with Gasteiger partial charge in [0.05, 0.1) is 0 Å². The maximum Gasteiger partial charge on any atom is 0.220 e. The fourth-order valence-electron chi connectivity index (χ4n) is 7.77. The molecule has 1 unspecified atom stereocenters. The van der Waals surface area contributed by atoms with E-state index in [1.54, 1.807) is 6.08 Å². The van der Waals surface area contributed by atoms with E-state index in [1.807, 2.05) is 13.0 Å². The highest BCUT2D eigenvalue weighted by atomic mass is 16.7. The molecule has 0 bridgehead atoms. The third-order valence-corrected chi connectivity index (χ3v) is 9.10. The summed E-state index contributed by atoms with van der Waals surface area (Å²) in [6.07, 6.45) is 7.89. The van der Waals surface area contributed by atoms with Gasteiger partial charge in [0.1, 0.15) is 12.4 Å². The van der Waals surface area contributed by atoms with Gasteiger partial charge in [-0.1, -0.05) is 32.4 Å². The van der Waals surface area contributed by atoms with Gasteiger partial charge in [-0.25, -0.2) is 0 Å². The van der Waals surface area contributed by atoms with E-state index >= 15 is 0 Å². The molecule has 3 fully saturated rings. The molecule has 3 saturated carbocycles. The van der Waals surface area contributed by atoms with Crippen LogP contribution in [0.3, 0.4) is 0 Å². The van der Waals surface area contributed by atoms with E-state index < -0.39 is 23.1 Å². The van der Waals surface area contributed by atoms with Crippen molar-refractivity contribution in [1.82, 2.24) is 0 Å². The molecule has 0 saturated heterocycles. The third-order valence-electron chi connectivity index (χ3n) is 9.10. The van der Waals surface area contributed by atoms with E-state index in [9.17, 15) is 19.8 Å². The Labute approximate surface area is 178 Å². The van der Waals surface area contributed by atoms with Crippen LogP contribution < -0.4 is 0 Å². The number of fused-ring (bicyclic) bond motifs is 5. The monoisotopic (exact) mass is 418 g/mol. The molecule has 0 aromatic heterocycles. The lowest BCUT2D eigenvalue weighted by atomic mass is 9.47. The molecule has 0 heterocycles. The first-order chi connectivity index (χ1) is 14.1. The summed E-state index contributed by atoms with van der Waals surface area (Å²) >= 11 is 0. The molecule has 4 aliphatic rings. The predicted molar refractivity (Wildman–Crippen MR) is 110 cm³/mol. The largest absolute Gasteiger partial charge is 0.362 e. The molecule has 6 heteroatoms. The smallest absolute Gasteiger partial charge is 0.220 e. The number of carbonyl (C=O) groups is 2. The van der Waals surface area contributed by atoms with E-state index in [0.29, 0.717) is 11.8 Å². The summed E-state index contributed by atoms with van der Waals surface area (Å²) in [5, 5.41) is 19.7. The van der Waals surface area contributed by atoms with Crippen LogP contribution in [0.1, 0.15) is 52.9 Å². The fourth-order valence-corrected chi connectivity index (χ4v) is 7.77. The second-order valence-corrected chi connectivity index (χ2v) is 10.2. The highest BCUT2D eigenvalue weighted by Gasteiger charge is 2.70. The molecule has 4 rings (SSSR count). The van der Waals surface area contributed by atoms with Crippen LogP contribution in [0.4, 0.5) is 0 Å². The van der Waals surface area contributed by atoms with Gasteiger partial charge in [-0.05, 0) is 67.9 Å². The molecule has 166 valence electrons. The topological polar surface area (TPSA) is 93.1 Å². The van der Waals surface area contributed by atoms with Gasteiger partial charge in [0, 0.05) is 17.9 Å². The summed E-state index contributed by atoms with van der Waals surface area (Å²) in [4.78, 5) is 25.1. The van der Waals surface area contributed by atoms with E-state index in [1.165, 1.54) is 12.7 Å². The van der Waals surface area contributed by atoms with Crippen LogP contribution in [0.2, 0.25) is 0 Å². The number of methoxy groups -OCH3 is 1. The molecule has 0 aromatic carbocycles. The first-order valence-corrected chi connectivity index (χ1v) is 11.1. The van der Waals surface area contributed by atoms with Gasteiger partial charge in [0.2, 0.25) is 12.1 Å². The summed E-state index contributed by atoms with van der Waals surface area (Å²) in [5.74, 6) is 0.299. The van der Waals surface area contributed by atoms with Crippen LogP contribution in [0.25, 0.3) is 0 Å². The van der Waals surface area contributed by atoms with Crippen molar-refractivity contribution in [3.05, 3.63) is 23.8 Å². The predicted octanol–water partition coefficient (Wildman–Crippen LogP) is 2.78. The fraction of sp³-hybridized carbons (Fsp3) is 0.750. The minimum Gasteiger partial charge on any atom is -0.362 e. The molecule has 4 aliphatic carbocycles. The summed E-state index contributed by atoms with van der Waals surface area (Å²) in [6, 6.07) is 0. The summed E-state index contributed by atoms with van der Waals surface area (Å²) in [6.45, 7) is 6.27. The number of carbonyl (C=O) groups excluding carboxylic acids is 2. The molecule has 30 heavy (non-hydrogen) atoms. The SMILES string of the molecule is COCO[C@]1(C(=O)C(O)O)C(C)C[C@H]2[C@@H]3CCC4=CC(=O)C=C[C@]4(C)[C@H]3CC[C@@]21C. The van der Waals surface area contributed by atoms with Crippen molar-refractivity contribution < 1.29 is 29.3 Å². The van der Waals surface area contributed by atoms with Crippen molar-refractivity contribution in [3.63, 3.8) is 0 Å². The number of hydrogen-bond acceptors (Lipinski definition) is 6. The third kappa shape index (κ3) is 2.77. The average Bonchev–Trinajstić information content (AvgIpc) is 2.93. The molecule has 0 spiro atoms. The van der Waals surface area contributed by atoms with Crippen LogP contribution in [0, 0.1) is 34.5 Å². The number of aliphatic hydroxyl groups is 2. The normalized spacial score (nSPS) is 45.0. The second-order valence-electron chi connectivity index (χ2n) is 10.2. The van der Waals surface area contributed by atoms with Gasteiger partial charge in [-0.15, -0.1) is 0 Å². The Kier molecular flexibility index (Phi) is 5.37. The molecular weight excluding hydrogens is 384 g/mol. The van der Waals surface area contributed by atoms with Gasteiger partial charge < -0.3 is 19.7 Å². The van der Waals surface area contributed by atoms with Gasteiger partial charge in [0.15, 0.2) is 5.78 Å². The van der Waals surface area contributed by atoms with Gasteiger partial charge >= 0.3 is 0 Å². The number of allylic oxidation sites excluding steroid dienone is 4. The van der Waals surface area contributed by atoms with E-state index in [0.717, 1.165) is 32.1 Å². The average molecular weight is 419 g/mol. The first kappa shape index (κ1) is 21.9. The molecule has 7 atom stereocenters. The van der Waals surface area contributed by atoms with Crippen LogP contribution in [-0.4, -0.2) is 47.6 Å². The number of rotatable bonds is 5. The minimum absolute atomic E-state index is 0.0609. The van der Waals surface area contributed by atoms with Crippen LogP contribution in [0.5, 0.6) is 0 Å². The molecular formula is C24H34O6. The molecule has 0 aromatic rings. The maximum absolute atomic E-state index is 13.2. The van der Waals surface area contributed by atoms with Gasteiger partial charge in [-0.2, -0.15) is 0 Å². The summed E-state index contributed by atoms with van der Waals surface area (Å²) in [7, 11) is 1.51. The zero-order chi connectivity index (χ0) is 21.9. The van der Waals surface area contributed by atoms with Crippen molar-refractivity contribution in [1.29, 1.82) is 0 Å². The van der Waals surface area contributed by atoms with E-state index in [2.05, 4.69) is 19.9 Å². The Balaban J connectivity index is 1.74. The van der Waals surface area contributed by atoms with Crippen LogP contribution in [-0.2, 0) is 19.1 Å². The Morgan fingerprint density at radius 1 is 1.27 bits per heavy atom. The quantitative estimate of drug-likeness (QED) is 0.667. The van der Waals surface area contributed by atoms with Crippen molar-refractivity contribution in [2.24, 2.45) is 34.5 Å². The number of hydrogen-bond donors (Lipinski definition) is 2. The summed E-state index contributed by atoms with van der Waals surface area (Å²) in [5.41, 5.74) is -0.670. The van der Waals surface area contributed by atoms with Crippen molar-refractivity contribution in [2.45, 2.75) is 64.8 Å². The minimum atomic E-state index is -2.07. The lowest BCUT2D eigenvalue weighted by Crippen LogP contribution is -2.62. The molecule has 0 radical (unpaired) electrons. The van der Waals surface area contributed by atoms with Crippen LogP contribution in [0.15, 0.2) is 23.8 Å². The molecule has 2 N–H and O–H groups in total. The van der Waals surface area contributed by atoms with Crippen molar-refractivity contribution in [2.75, 3.05) is 13.9 Å². The highest BCUT2D eigenvalue weighted by molar-refractivity contribution is 6.01. The van der Waals surface area contributed by atoms with Gasteiger partial charge in [-0.3, -0.25) is 9.59 Å². The van der Waals surface area contributed by atoms with Crippen molar-refractivity contribution >= 4 is 11.6 Å². The second kappa shape index (κ2) is 7.37. The number of ketones is 2. The molecule has 6 nitrogen and oxygen atoms in total. The Morgan fingerprint density at radius 3 is 2.67 bits per heavy atom. The highest BCUT2D eigenvalue weighted by Crippen LogP contribution is 2.69. The Morgan fingerprint density at radius 2 is 2.00 bits per heavy atom. The van der Waals surface area contributed by atoms with Crippen molar-refractivity contribution in [3.8, 4) is 0 Å². The van der Waals surface area contributed by atoms with Crippen LogP contribution >= 0.6 is 0 Å². The van der Waals surface area contributed by atoms with E-state index in [4.69, 9.17) is 9.47 Å². The molecule has 0 amide bonds. The molecule has 0 aliphatic heterocycles. The number of aliphatic hydroxyl groups excluding tert-OH is 1. The number of Topliss-reactive ketones (excluding diaryl/α,β-unsaturated/α-hetero) is 1. The standard InChI is InChI=1S/C24H34O6/c1-14-11-19-17-6-5-15-12-16(25)7-9-22(15,2)18(17)8-10-23(19,3)24(14,30-13-29-4)20(26)21(27)28/h7,9,12,14,17-19,21,27-28H,5-6,8,10-11,13H2,1-4H3/t14?,17-,18+,19+,22+,23+,24+/m1/s1. The lowest BCUT2D eigenvalue weighted by Gasteiger charge is -2.58. The first-order valence-electron chi connectivity index (χ1n) is 11.1.